The lowest BCUT2D eigenvalue weighted by Gasteiger charge is -2.36. The number of hydrogen-bond acceptors (Lipinski definition) is 5. The molecule has 0 spiro atoms. The van der Waals surface area contributed by atoms with Crippen molar-refractivity contribution in [3.8, 4) is 0 Å². The Bertz CT molecular complexity index is 332. The second-order valence-electron chi connectivity index (χ2n) is 7.13. The molecule has 0 saturated heterocycles. The largest absolute Gasteiger partial charge is 0.460 e. The Labute approximate surface area is 147 Å². The van der Waals surface area contributed by atoms with Gasteiger partial charge in [0.25, 0.3) is 0 Å². The van der Waals surface area contributed by atoms with Crippen LogP contribution in [0.5, 0.6) is 0 Å². The van der Waals surface area contributed by atoms with Gasteiger partial charge in [0.1, 0.15) is 12.7 Å². The molecule has 24 heavy (non-hydrogen) atoms. The van der Waals surface area contributed by atoms with Gasteiger partial charge in [0, 0.05) is 6.61 Å². The van der Waals surface area contributed by atoms with Crippen LogP contribution in [0, 0.1) is 17.8 Å². The Kier molecular flexibility index (Phi) is 11.3. The number of esters is 1. The van der Waals surface area contributed by atoms with E-state index in [1.165, 1.54) is 6.42 Å². The van der Waals surface area contributed by atoms with Crippen molar-refractivity contribution < 1.29 is 23.7 Å². The molecule has 3 atom stereocenters. The van der Waals surface area contributed by atoms with E-state index in [9.17, 15) is 4.79 Å². The highest BCUT2D eigenvalue weighted by Gasteiger charge is 2.33. The van der Waals surface area contributed by atoms with Crippen LogP contribution in [0.25, 0.3) is 0 Å². The standard InChI is InChI=1S/C19H36O5/c1-5-8-21-9-10-22-11-12-23-14-19(20)24-18-13-16(4)6-7-17(18)15(2)3/h15-18H,5-14H2,1-4H3/t16-,17?,18?/m1/s1. The summed E-state index contributed by atoms with van der Waals surface area (Å²) >= 11 is 0. The zero-order valence-electron chi connectivity index (χ0n) is 15.9. The summed E-state index contributed by atoms with van der Waals surface area (Å²) in [5, 5.41) is 0. The first-order chi connectivity index (χ1) is 11.5. The zero-order valence-corrected chi connectivity index (χ0v) is 15.9. The molecule has 2 unspecified atom stereocenters. The Morgan fingerprint density at radius 3 is 2.25 bits per heavy atom. The number of ether oxygens (including phenoxy) is 4. The lowest BCUT2D eigenvalue weighted by molar-refractivity contribution is -0.161. The smallest absolute Gasteiger partial charge is 0.332 e. The van der Waals surface area contributed by atoms with E-state index in [1.54, 1.807) is 0 Å². The number of hydrogen-bond donors (Lipinski definition) is 0. The summed E-state index contributed by atoms with van der Waals surface area (Å²) < 4.78 is 21.7. The molecule has 0 radical (unpaired) electrons. The first-order valence-corrected chi connectivity index (χ1v) is 9.47. The van der Waals surface area contributed by atoms with Gasteiger partial charge in [-0.1, -0.05) is 34.1 Å². The first-order valence-electron chi connectivity index (χ1n) is 9.47. The molecule has 5 nitrogen and oxygen atoms in total. The van der Waals surface area contributed by atoms with Crippen molar-refractivity contribution in [3.05, 3.63) is 0 Å². The molecule has 1 aliphatic rings. The molecule has 0 aromatic rings. The molecule has 0 bridgehead atoms. The Morgan fingerprint density at radius 1 is 1.00 bits per heavy atom. The minimum absolute atomic E-state index is 0.00535. The third kappa shape index (κ3) is 9.00. The van der Waals surface area contributed by atoms with Crippen LogP contribution in [-0.2, 0) is 23.7 Å². The molecule has 0 aliphatic heterocycles. The minimum atomic E-state index is -0.258. The Morgan fingerprint density at radius 2 is 1.62 bits per heavy atom. The summed E-state index contributed by atoms with van der Waals surface area (Å²) in [6.07, 6.45) is 4.40. The van der Waals surface area contributed by atoms with Gasteiger partial charge in [-0.05, 0) is 37.0 Å². The maximum atomic E-state index is 12.0. The van der Waals surface area contributed by atoms with E-state index < -0.39 is 0 Å². The third-order valence-corrected chi connectivity index (χ3v) is 4.56. The van der Waals surface area contributed by atoms with Crippen molar-refractivity contribution in [2.45, 2.75) is 59.5 Å². The van der Waals surface area contributed by atoms with Crippen molar-refractivity contribution >= 4 is 5.97 Å². The van der Waals surface area contributed by atoms with E-state index in [0.717, 1.165) is 25.9 Å². The van der Waals surface area contributed by atoms with Gasteiger partial charge in [0.15, 0.2) is 0 Å². The highest BCUT2D eigenvalue weighted by Crippen LogP contribution is 2.35. The maximum Gasteiger partial charge on any atom is 0.332 e. The fraction of sp³-hybridized carbons (Fsp3) is 0.947. The van der Waals surface area contributed by atoms with Crippen molar-refractivity contribution in [1.82, 2.24) is 0 Å². The van der Waals surface area contributed by atoms with Crippen LogP contribution >= 0.6 is 0 Å². The topological polar surface area (TPSA) is 54.0 Å². The van der Waals surface area contributed by atoms with E-state index in [4.69, 9.17) is 18.9 Å². The van der Waals surface area contributed by atoms with Crippen LogP contribution in [-0.4, -0.2) is 51.7 Å². The summed E-state index contributed by atoms with van der Waals surface area (Å²) in [6.45, 7) is 11.5. The minimum Gasteiger partial charge on any atom is -0.460 e. The highest BCUT2D eigenvalue weighted by atomic mass is 16.6. The molecule has 0 amide bonds. The molecule has 1 aliphatic carbocycles. The molecule has 0 N–H and O–H groups in total. The van der Waals surface area contributed by atoms with E-state index in [2.05, 4.69) is 27.7 Å². The Balaban J connectivity index is 2.10. The van der Waals surface area contributed by atoms with E-state index in [0.29, 0.717) is 44.2 Å². The van der Waals surface area contributed by atoms with Gasteiger partial charge in [-0.3, -0.25) is 0 Å². The quantitative estimate of drug-likeness (QED) is 0.401. The molecular formula is C19H36O5. The fourth-order valence-corrected chi connectivity index (χ4v) is 3.19. The maximum absolute atomic E-state index is 12.0. The predicted octanol–water partition coefficient (Wildman–Crippen LogP) is 3.45. The average molecular weight is 344 g/mol. The van der Waals surface area contributed by atoms with Gasteiger partial charge >= 0.3 is 5.97 Å². The van der Waals surface area contributed by atoms with Crippen molar-refractivity contribution in [3.63, 3.8) is 0 Å². The zero-order chi connectivity index (χ0) is 17.8. The van der Waals surface area contributed by atoms with Gasteiger partial charge in [0.05, 0.1) is 26.4 Å². The summed E-state index contributed by atoms with van der Waals surface area (Å²) in [7, 11) is 0. The van der Waals surface area contributed by atoms with Gasteiger partial charge in [0.2, 0.25) is 0 Å². The van der Waals surface area contributed by atoms with Gasteiger partial charge in [-0.2, -0.15) is 0 Å². The summed E-state index contributed by atoms with van der Waals surface area (Å²) in [5.74, 6) is 1.38. The predicted molar refractivity (Wildman–Crippen MR) is 94.0 cm³/mol. The van der Waals surface area contributed by atoms with Crippen LogP contribution in [0.15, 0.2) is 0 Å². The molecule has 5 heteroatoms. The van der Waals surface area contributed by atoms with Crippen LogP contribution in [0.3, 0.4) is 0 Å². The molecule has 0 aromatic heterocycles. The second kappa shape index (κ2) is 12.7. The van der Waals surface area contributed by atoms with E-state index in [-0.39, 0.29) is 18.7 Å². The van der Waals surface area contributed by atoms with Crippen LogP contribution in [0.4, 0.5) is 0 Å². The monoisotopic (exact) mass is 344 g/mol. The molecule has 1 saturated carbocycles. The molecule has 1 rings (SSSR count). The summed E-state index contributed by atoms with van der Waals surface area (Å²) in [4.78, 5) is 12.0. The summed E-state index contributed by atoms with van der Waals surface area (Å²) in [6, 6.07) is 0. The van der Waals surface area contributed by atoms with E-state index >= 15 is 0 Å². The van der Waals surface area contributed by atoms with Gasteiger partial charge in [-0.15, -0.1) is 0 Å². The lowest BCUT2D eigenvalue weighted by Crippen LogP contribution is -2.36. The van der Waals surface area contributed by atoms with Gasteiger partial charge < -0.3 is 18.9 Å². The van der Waals surface area contributed by atoms with Crippen molar-refractivity contribution in [1.29, 1.82) is 0 Å². The molecular weight excluding hydrogens is 308 g/mol. The van der Waals surface area contributed by atoms with Crippen LogP contribution in [0.1, 0.15) is 53.4 Å². The molecule has 1 fully saturated rings. The highest BCUT2D eigenvalue weighted by molar-refractivity contribution is 5.70. The third-order valence-electron chi connectivity index (χ3n) is 4.56. The first kappa shape index (κ1) is 21.4. The molecule has 142 valence electrons. The lowest BCUT2D eigenvalue weighted by atomic mass is 9.75. The summed E-state index contributed by atoms with van der Waals surface area (Å²) in [5.41, 5.74) is 0. The van der Waals surface area contributed by atoms with Gasteiger partial charge in [-0.25, -0.2) is 4.79 Å². The SMILES string of the molecule is CCCOCCOCCOCC(=O)OC1C[C@H](C)CCC1C(C)C. The second-order valence-corrected chi connectivity index (χ2v) is 7.13. The number of carbonyl (C=O) groups is 1. The van der Waals surface area contributed by atoms with Crippen molar-refractivity contribution in [2.75, 3.05) is 39.6 Å². The van der Waals surface area contributed by atoms with Crippen LogP contribution < -0.4 is 0 Å². The molecule has 0 heterocycles. The van der Waals surface area contributed by atoms with Crippen molar-refractivity contribution in [2.24, 2.45) is 17.8 Å². The Hall–Kier alpha value is -0.650. The molecule has 0 aromatic carbocycles. The number of rotatable bonds is 12. The fourth-order valence-electron chi connectivity index (χ4n) is 3.19. The van der Waals surface area contributed by atoms with Crippen LogP contribution in [0.2, 0.25) is 0 Å². The normalized spacial score (nSPS) is 24.3. The number of carbonyl (C=O) groups excluding carboxylic acids is 1. The van der Waals surface area contributed by atoms with E-state index in [1.807, 2.05) is 0 Å². The average Bonchev–Trinajstić information content (AvgIpc) is 2.53.